The molecule has 2 aromatic heterocycles. The maximum atomic E-state index is 12.3. The van der Waals surface area contributed by atoms with Crippen LogP contribution in [0.3, 0.4) is 0 Å². The van der Waals surface area contributed by atoms with E-state index in [2.05, 4.69) is 15.5 Å². The third-order valence-electron chi connectivity index (χ3n) is 2.47. The lowest BCUT2D eigenvalue weighted by Gasteiger charge is -2.13. The second-order valence-corrected chi connectivity index (χ2v) is 4.96. The Morgan fingerprint density at radius 1 is 1.26 bits per heavy atom. The van der Waals surface area contributed by atoms with Crippen LogP contribution in [0.1, 0.15) is 18.2 Å². The lowest BCUT2D eigenvalue weighted by molar-refractivity contribution is -0.141. The van der Waals surface area contributed by atoms with Crippen molar-refractivity contribution in [1.82, 2.24) is 10.2 Å². The lowest BCUT2D eigenvalue weighted by Crippen LogP contribution is -2.19. The Hall–Kier alpha value is -1.63. The molecule has 0 bridgehead atoms. The summed E-state index contributed by atoms with van der Waals surface area (Å²) in [5.41, 5.74) is 0.202. The number of halogens is 3. The van der Waals surface area contributed by atoms with E-state index < -0.39 is 11.9 Å². The van der Waals surface area contributed by atoms with Gasteiger partial charge < -0.3 is 5.32 Å². The van der Waals surface area contributed by atoms with E-state index in [4.69, 9.17) is 0 Å². The van der Waals surface area contributed by atoms with Gasteiger partial charge in [0.05, 0.1) is 0 Å². The SMILES string of the molecule is CC(Cc1ccsc1)Nc1ccc(C(F)(F)F)nn1. The second-order valence-electron chi connectivity index (χ2n) is 4.18. The summed E-state index contributed by atoms with van der Waals surface area (Å²) in [6.45, 7) is 1.94. The molecular formula is C12H12F3N3S. The zero-order chi connectivity index (χ0) is 13.9. The molecule has 102 valence electrons. The normalized spacial score (nSPS) is 13.3. The van der Waals surface area contributed by atoms with Crippen LogP contribution in [0.2, 0.25) is 0 Å². The predicted octanol–water partition coefficient (Wildman–Crippen LogP) is 3.60. The number of anilines is 1. The average molecular weight is 287 g/mol. The van der Waals surface area contributed by atoms with Crippen molar-refractivity contribution in [3.05, 3.63) is 40.2 Å². The molecule has 0 fully saturated rings. The standard InChI is InChI=1S/C12H12F3N3S/c1-8(6-9-4-5-19-7-9)16-11-3-2-10(17-18-11)12(13,14)15/h2-5,7-8H,6H2,1H3,(H,16,18). The molecule has 2 heterocycles. The first-order valence-corrected chi connectivity index (χ1v) is 6.58. The molecule has 0 saturated heterocycles. The van der Waals surface area contributed by atoms with Crippen molar-refractivity contribution < 1.29 is 13.2 Å². The van der Waals surface area contributed by atoms with Crippen LogP contribution in [0.25, 0.3) is 0 Å². The zero-order valence-corrected chi connectivity index (χ0v) is 10.9. The summed E-state index contributed by atoms with van der Waals surface area (Å²) in [4.78, 5) is 0. The van der Waals surface area contributed by atoms with Crippen LogP contribution in [0.15, 0.2) is 29.0 Å². The molecule has 0 saturated carbocycles. The maximum Gasteiger partial charge on any atom is 0.435 e. The van der Waals surface area contributed by atoms with Gasteiger partial charge >= 0.3 is 6.18 Å². The number of rotatable bonds is 4. The van der Waals surface area contributed by atoms with Gasteiger partial charge in [0.25, 0.3) is 0 Å². The first kappa shape index (κ1) is 13.8. The predicted molar refractivity (Wildman–Crippen MR) is 68.1 cm³/mol. The van der Waals surface area contributed by atoms with Crippen molar-refractivity contribution in [3.63, 3.8) is 0 Å². The number of nitrogens with zero attached hydrogens (tertiary/aromatic N) is 2. The highest BCUT2D eigenvalue weighted by atomic mass is 32.1. The summed E-state index contributed by atoms with van der Waals surface area (Å²) < 4.78 is 36.9. The van der Waals surface area contributed by atoms with E-state index in [1.807, 2.05) is 23.8 Å². The van der Waals surface area contributed by atoms with Gasteiger partial charge in [0.2, 0.25) is 0 Å². The van der Waals surface area contributed by atoms with Gasteiger partial charge in [-0.25, -0.2) is 0 Å². The summed E-state index contributed by atoms with van der Waals surface area (Å²) >= 11 is 1.61. The molecule has 1 atom stereocenters. The van der Waals surface area contributed by atoms with Crippen molar-refractivity contribution in [1.29, 1.82) is 0 Å². The summed E-state index contributed by atoms with van der Waals surface area (Å²) in [5.74, 6) is 0.343. The Labute approximate surface area is 112 Å². The molecule has 1 N–H and O–H groups in total. The second kappa shape index (κ2) is 5.56. The molecule has 0 amide bonds. The highest BCUT2D eigenvalue weighted by molar-refractivity contribution is 7.07. The Kier molecular flexibility index (Phi) is 4.04. The van der Waals surface area contributed by atoms with Crippen LogP contribution in [-0.2, 0) is 12.6 Å². The maximum absolute atomic E-state index is 12.3. The molecule has 0 spiro atoms. The first-order chi connectivity index (χ1) is 8.95. The van der Waals surface area contributed by atoms with Crippen LogP contribution in [0.5, 0.6) is 0 Å². The van der Waals surface area contributed by atoms with E-state index in [0.29, 0.717) is 5.82 Å². The van der Waals surface area contributed by atoms with Gasteiger partial charge in [-0.15, -0.1) is 10.2 Å². The molecule has 2 rings (SSSR count). The molecule has 7 heteroatoms. The topological polar surface area (TPSA) is 37.8 Å². The number of nitrogens with one attached hydrogen (secondary N) is 1. The van der Waals surface area contributed by atoms with Crippen LogP contribution >= 0.6 is 11.3 Å². The van der Waals surface area contributed by atoms with Crippen LogP contribution in [0.4, 0.5) is 19.0 Å². The first-order valence-electron chi connectivity index (χ1n) is 5.63. The highest BCUT2D eigenvalue weighted by Crippen LogP contribution is 2.27. The smallest absolute Gasteiger partial charge is 0.366 e. The lowest BCUT2D eigenvalue weighted by atomic mass is 10.1. The van der Waals surface area contributed by atoms with Crippen LogP contribution < -0.4 is 5.32 Å². The van der Waals surface area contributed by atoms with Crippen molar-refractivity contribution in [3.8, 4) is 0 Å². The third kappa shape index (κ3) is 3.92. The third-order valence-corrected chi connectivity index (χ3v) is 3.20. The van der Waals surface area contributed by atoms with Crippen LogP contribution in [-0.4, -0.2) is 16.2 Å². The van der Waals surface area contributed by atoms with Gasteiger partial charge in [0.15, 0.2) is 5.69 Å². The van der Waals surface area contributed by atoms with E-state index in [1.165, 1.54) is 11.6 Å². The van der Waals surface area contributed by atoms with E-state index in [0.717, 1.165) is 12.5 Å². The Morgan fingerprint density at radius 2 is 2.05 bits per heavy atom. The number of hydrogen-bond donors (Lipinski definition) is 1. The summed E-state index contributed by atoms with van der Waals surface area (Å²) in [6.07, 6.45) is -3.67. The molecule has 0 radical (unpaired) electrons. The van der Waals surface area contributed by atoms with Gasteiger partial charge in [-0.3, -0.25) is 0 Å². The molecule has 0 aliphatic heterocycles. The van der Waals surface area contributed by atoms with Crippen molar-refractivity contribution in [2.24, 2.45) is 0 Å². The Morgan fingerprint density at radius 3 is 2.58 bits per heavy atom. The average Bonchev–Trinajstić information content (AvgIpc) is 2.81. The number of aromatic nitrogens is 2. The van der Waals surface area contributed by atoms with Crippen molar-refractivity contribution in [2.75, 3.05) is 5.32 Å². The van der Waals surface area contributed by atoms with Gasteiger partial charge in [0.1, 0.15) is 5.82 Å². The molecule has 1 unspecified atom stereocenters. The fourth-order valence-corrected chi connectivity index (χ4v) is 2.31. The quantitative estimate of drug-likeness (QED) is 0.933. The van der Waals surface area contributed by atoms with Crippen molar-refractivity contribution >= 4 is 17.2 Å². The molecule has 2 aromatic rings. The monoisotopic (exact) mass is 287 g/mol. The number of hydrogen-bond acceptors (Lipinski definition) is 4. The van der Waals surface area contributed by atoms with Gasteiger partial charge in [0, 0.05) is 6.04 Å². The molecule has 0 aliphatic carbocycles. The summed E-state index contributed by atoms with van der Waals surface area (Å²) in [5, 5.41) is 13.7. The van der Waals surface area contributed by atoms with Crippen molar-refractivity contribution in [2.45, 2.75) is 25.6 Å². The highest BCUT2D eigenvalue weighted by Gasteiger charge is 2.32. The van der Waals surface area contributed by atoms with Gasteiger partial charge in [-0.1, -0.05) is 0 Å². The number of alkyl halides is 3. The van der Waals surface area contributed by atoms with E-state index in [-0.39, 0.29) is 6.04 Å². The minimum atomic E-state index is -4.45. The Bertz CT molecular complexity index is 508. The Balaban J connectivity index is 1.96. The number of thiophene rings is 1. The fraction of sp³-hybridized carbons (Fsp3) is 0.333. The summed E-state index contributed by atoms with van der Waals surface area (Å²) in [7, 11) is 0. The molecule has 0 aliphatic rings. The minimum Gasteiger partial charge on any atom is -0.366 e. The fourth-order valence-electron chi connectivity index (χ4n) is 1.63. The largest absolute Gasteiger partial charge is 0.435 e. The molecule has 19 heavy (non-hydrogen) atoms. The minimum absolute atomic E-state index is 0.0700. The molecular weight excluding hydrogens is 275 g/mol. The van der Waals surface area contributed by atoms with E-state index in [9.17, 15) is 13.2 Å². The summed E-state index contributed by atoms with van der Waals surface area (Å²) in [6, 6.07) is 4.30. The zero-order valence-electron chi connectivity index (χ0n) is 10.1. The molecule has 3 nitrogen and oxygen atoms in total. The van der Waals surface area contributed by atoms with Crippen LogP contribution in [0, 0.1) is 0 Å². The molecule has 0 aromatic carbocycles. The van der Waals surface area contributed by atoms with Gasteiger partial charge in [-0.05, 0) is 47.9 Å². The van der Waals surface area contributed by atoms with Gasteiger partial charge in [-0.2, -0.15) is 24.5 Å². The van der Waals surface area contributed by atoms with E-state index >= 15 is 0 Å². The van der Waals surface area contributed by atoms with E-state index in [1.54, 1.807) is 11.3 Å².